The summed E-state index contributed by atoms with van der Waals surface area (Å²) in [6.45, 7) is 9.25. The first-order chi connectivity index (χ1) is 12.9. The van der Waals surface area contributed by atoms with Crippen LogP contribution in [0.3, 0.4) is 0 Å². The molecule has 3 rings (SSSR count). The SMILES string of the molecule is CC(C)COC(=O)[C@@H]1CCCCN1C(=O)C(=O)[C@]12OCCC[C@H]1O2.CCC. The highest BCUT2D eigenvalue weighted by molar-refractivity contribution is 6.40. The first-order valence-electron chi connectivity index (χ1n) is 10.2. The van der Waals surface area contributed by atoms with Crippen LogP contribution in [0.4, 0.5) is 0 Å². The molecule has 0 radical (unpaired) electrons. The molecule has 3 aliphatic rings. The molecular weight excluding hydrogens is 350 g/mol. The summed E-state index contributed by atoms with van der Waals surface area (Å²) in [6, 6.07) is -0.689. The largest absolute Gasteiger partial charge is 0.464 e. The fourth-order valence-electron chi connectivity index (χ4n) is 3.36. The molecule has 27 heavy (non-hydrogen) atoms. The third-order valence-electron chi connectivity index (χ3n) is 4.72. The molecule has 7 heteroatoms. The number of hydrogen-bond donors (Lipinski definition) is 0. The van der Waals surface area contributed by atoms with Gasteiger partial charge in [-0.05, 0) is 38.0 Å². The van der Waals surface area contributed by atoms with E-state index < -0.39 is 29.5 Å². The number of epoxide rings is 1. The minimum Gasteiger partial charge on any atom is -0.464 e. The van der Waals surface area contributed by atoms with Gasteiger partial charge in [-0.25, -0.2) is 4.79 Å². The highest BCUT2D eigenvalue weighted by atomic mass is 16.8. The Bertz CT molecular complexity index is 549. The predicted octanol–water partition coefficient (Wildman–Crippen LogP) is 2.46. The van der Waals surface area contributed by atoms with E-state index in [1.54, 1.807) is 0 Å². The zero-order chi connectivity index (χ0) is 20.0. The maximum absolute atomic E-state index is 12.7. The molecule has 0 aromatic heterocycles. The number of likely N-dealkylation sites (tertiary alicyclic amines) is 1. The molecule has 3 fully saturated rings. The number of Topliss-reactive ketones (excluding diaryl/α,β-unsaturated/α-hetero) is 1. The van der Waals surface area contributed by atoms with Gasteiger partial charge >= 0.3 is 5.97 Å². The molecule has 0 aromatic carbocycles. The smallest absolute Gasteiger partial charge is 0.328 e. The molecule has 0 saturated carbocycles. The maximum Gasteiger partial charge on any atom is 0.328 e. The zero-order valence-electron chi connectivity index (χ0n) is 17.0. The number of fused-ring (bicyclic) bond motifs is 1. The highest BCUT2D eigenvalue weighted by Crippen LogP contribution is 2.45. The van der Waals surface area contributed by atoms with Crippen LogP contribution in [0.5, 0.6) is 0 Å². The van der Waals surface area contributed by atoms with E-state index in [0.717, 1.165) is 25.7 Å². The van der Waals surface area contributed by atoms with Crippen molar-refractivity contribution in [1.29, 1.82) is 0 Å². The standard InChI is InChI=1S/C17H25NO6.C3H8/c1-11(2)10-22-16(21)12-6-3-4-8-18(12)15(20)14(19)17-13(24-17)7-5-9-23-17;1-3-2/h11-13H,3-10H2,1-2H3;3H2,1-2H3/t12-,13+,17-;/m0./s1. The molecule has 1 amide bonds. The number of rotatable bonds is 5. The Morgan fingerprint density at radius 2 is 1.85 bits per heavy atom. The minimum absolute atomic E-state index is 0.221. The predicted molar refractivity (Wildman–Crippen MR) is 98.9 cm³/mol. The van der Waals surface area contributed by atoms with E-state index in [-0.39, 0.29) is 12.0 Å². The van der Waals surface area contributed by atoms with Crippen LogP contribution >= 0.6 is 0 Å². The number of ketones is 1. The Balaban J connectivity index is 0.000000817. The number of carbonyl (C=O) groups excluding carboxylic acids is 3. The Morgan fingerprint density at radius 1 is 1.15 bits per heavy atom. The topological polar surface area (TPSA) is 85.4 Å². The van der Waals surface area contributed by atoms with Crippen molar-refractivity contribution in [3.05, 3.63) is 0 Å². The van der Waals surface area contributed by atoms with Gasteiger partial charge in [-0.2, -0.15) is 0 Å². The molecule has 0 aliphatic carbocycles. The number of amides is 1. The van der Waals surface area contributed by atoms with E-state index in [9.17, 15) is 14.4 Å². The lowest BCUT2D eigenvalue weighted by molar-refractivity contribution is -0.166. The van der Waals surface area contributed by atoms with Crippen LogP contribution in [0.15, 0.2) is 0 Å². The summed E-state index contributed by atoms with van der Waals surface area (Å²) in [6.07, 6.45) is 4.60. The Kier molecular flexibility index (Phi) is 7.79. The lowest BCUT2D eigenvalue weighted by Gasteiger charge is -2.34. The third-order valence-corrected chi connectivity index (χ3v) is 4.72. The second kappa shape index (κ2) is 9.64. The van der Waals surface area contributed by atoms with Gasteiger partial charge < -0.3 is 19.1 Å². The number of nitrogens with zero attached hydrogens (tertiary/aromatic N) is 1. The Hall–Kier alpha value is -1.47. The number of carbonyl (C=O) groups is 3. The molecule has 3 aliphatic heterocycles. The normalized spacial score (nSPS) is 29.3. The zero-order valence-corrected chi connectivity index (χ0v) is 17.0. The van der Waals surface area contributed by atoms with Gasteiger partial charge in [0, 0.05) is 6.54 Å². The quantitative estimate of drug-likeness (QED) is 0.412. The van der Waals surface area contributed by atoms with E-state index in [1.165, 1.54) is 11.3 Å². The molecule has 154 valence electrons. The summed E-state index contributed by atoms with van der Waals surface area (Å²) < 4.78 is 16.1. The number of esters is 1. The maximum atomic E-state index is 12.7. The summed E-state index contributed by atoms with van der Waals surface area (Å²) in [4.78, 5) is 39.0. The van der Waals surface area contributed by atoms with Crippen molar-refractivity contribution >= 4 is 17.7 Å². The van der Waals surface area contributed by atoms with Crippen molar-refractivity contribution in [1.82, 2.24) is 4.90 Å². The van der Waals surface area contributed by atoms with Crippen LogP contribution < -0.4 is 0 Å². The van der Waals surface area contributed by atoms with Crippen LogP contribution in [0, 0.1) is 5.92 Å². The van der Waals surface area contributed by atoms with Crippen LogP contribution in [-0.4, -0.2) is 60.3 Å². The van der Waals surface area contributed by atoms with Crippen LogP contribution in [0.25, 0.3) is 0 Å². The van der Waals surface area contributed by atoms with E-state index in [4.69, 9.17) is 14.2 Å². The second-order valence-electron chi connectivity index (χ2n) is 7.83. The molecule has 0 spiro atoms. The average Bonchev–Trinajstić information content (AvgIpc) is 3.41. The second-order valence-corrected chi connectivity index (χ2v) is 7.83. The van der Waals surface area contributed by atoms with Crippen molar-refractivity contribution in [2.24, 2.45) is 5.92 Å². The number of ether oxygens (including phenoxy) is 3. The first-order valence-corrected chi connectivity index (χ1v) is 10.2. The molecule has 7 nitrogen and oxygen atoms in total. The van der Waals surface area contributed by atoms with Crippen molar-refractivity contribution < 1.29 is 28.6 Å². The lowest BCUT2D eigenvalue weighted by atomic mass is 9.99. The van der Waals surface area contributed by atoms with Crippen LogP contribution in [-0.2, 0) is 28.6 Å². The minimum atomic E-state index is -1.39. The summed E-state index contributed by atoms with van der Waals surface area (Å²) in [5.41, 5.74) is 0. The van der Waals surface area contributed by atoms with Gasteiger partial charge in [-0.1, -0.05) is 34.1 Å². The van der Waals surface area contributed by atoms with Gasteiger partial charge in [0.2, 0.25) is 0 Å². The van der Waals surface area contributed by atoms with Gasteiger partial charge in [0.15, 0.2) is 0 Å². The van der Waals surface area contributed by atoms with Gasteiger partial charge in [-0.3, -0.25) is 9.59 Å². The summed E-state index contributed by atoms with van der Waals surface area (Å²) in [5, 5.41) is 0. The molecule has 0 bridgehead atoms. The fourth-order valence-corrected chi connectivity index (χ4v) is 3.36. The van der Waals surface area contributed by atoms with Crippen molar-refractivity contribution in [2.75, 3.05) is 19.8 Å². The van der Waals surface area contributed by atoms with Crippen LogP contribution in [0.1, 0.15) is 66.2 Å². The fraction of sp³-hybridized carbons (Fsp3) is 0.850. The molecule has 3 heterocycles. The molecule has 0 N–H and O–H groups in total. The first kappa shape index (κ1) is 21.8. The highest BCUT2D eigenvalue weighted by Gasteiger charge is 2.67. The lowest BCUT2D eigenvalue weighted by Crippen LogP contribution is -2.54. The van der Waals surface area contributed by atoms with E-state index in [1.807, 2.05) is 13.8 Å². The summed E-state index contributed by atoms with van der Waals surface area (Å²) in [5.74, 6) is -2.97. The Labute approximate surface area is 161 Å². The van der Waals surface area contributed by atoms with Gasteiger partial charge in [0.1, 0.15) is 12.1 Å². The van der Waals surface area contributed by atoms with Crippen LogP contribution in [0.2, 0.25) is 0 Å². The van der Waals surface area contributed by atoms with Crippen molar-refractivity contribution in [2.45, 2.75) is 84.2 Å². The van der Waals surface area contributed by atoms with Crippen molar-refractivity contribution in [3.63, 3.8) is 0 Å². The van der Waals surface area contributed by atoms with E-state index in [0.29, 0.717) is 26.2 Å². The Morgan fingerprint density at radius 3 is 2.48 bits per heavy atom. The number of piperidine rings is 1. The molecule has 3 saturated heterocycles. The van der Waals surface area contributed by atoms with E-state index in [2.05, 4.69) is 13.8 Å². The molecule has 0 unspecified atom stereocenters. The monoisotopic (exact) mass is 383 g/mol. The number of hydrogen-bond acceptors (Lipinski definition) is 6. The molecular formula is C20H33NO6. The van der Waals surface area contributed by atoms with Gasteiger partial charge in [0.05, 0.1) is 13.2 Å². The van der Waals surface area contributed by atoms with E-state index >= 15 is 0 Å². The molecule has 3 atom stereocenters. The van der Waals surface area contributed by atoms with Gasteiger partial charge in [0.25, 0.3) is 17.5 Å². The van der Waals surface area contributed by atoms with Gasteiger partial charge in [-0.15, -0.1) is 0 Å². The molecule has 0 aromatic rings. The third kappa shape index (κ3) is 5.08. The average molecular weight is 383 g/mol. The summed E-state index contributed by atoms with van der Waals surface area (Å²) in [7, 11) is 0. The summed E-state index contributed by atoms with van der Waals surface area (Å²) >= 11 is 0. The van der Waals surface area contributed by atoms with Crippen molar-refractivity contribution in [3.8, 4) is 0 Å².